The van der Waals surface area contributed by atoms with Crippen LogP contribution in [0, 0.1) is 13.8 Å². The van der Waals surface area contributed by atoms with Crippen LogP contribution in [0.4, 0.5) is 5.69 Å². The van der Waals surface area contributed by atoms with Crippen LogP contribution >= 0.6 is 0 Å². The zero-order valence-electron chi connectivity index (χ0n) is 19.4. The number of carbonyl (C=O) groups excluding carboxylic acids is 1. The second kappa shape index (κ2) is 9.79. The molecule has 35 heavy (non-hydrogen) atoms. The van der Waals surface area contributed by atoms with Crippen molar-refractivity contribution in [2.45, 2.75) is 25.2 Å². The van der Waals surface area contributed by atoms with Gasteiger partial charge in [0.2, 0.25) is 0 Å². The Hall–Kier alpha value is -3.85. The van der Waals surface area contributed by atoms with E-state index in [9.17, 15) is 18.0 Å². The number of ether oxygens (including phenoxy) is 1. The highest BCUT2D eigenvalue weighted by molar-refractivity contribution is 7.92. The van der Waals surface area contributed by atoms with Gasteiger partial charge in [0.1, 0.15) is 12.4 Å². The maximum Gasteiger partial charge on any atom is 0.335 e. The van der Waals surface area contributed by atoms with Gasteiger partial charge in [-0.25, -0.2) is 13.2 Å². The standard InChI is InChI=1S/C26H26N2O6S/c1-17-13-18(2)15-22(14-17)35(32,33)28-11-12-34-24-8-7-21(16-23(24)28)25(29)27-10-9-19-3-5-20(6-4-19)26(30)31/h3-8,13-16H,9-12H2,1-2H3,(H,27,29)(H,30,31). The number of rotatable bonds is 7. The van der Waals surface area contributed by atoms with E-state index < -0.39 is 16.0 Å². The van der Waals surface area contributed by atoms with Gasteiger partial charge in [-0.3, -0.25) is 9.10 Å². The van der Waals surface area contributed by atoms with E-state index in [0.29, 0.717) is 30.0 Å². The molecule has 9 heteroatoms. The highest BCUT2D eigenvalue weighted by Crippen LogP contribution is 2.36. The fourth-order valence-corrected chi connectivity index (χ4v) is 5.67. The molecule has 0 atom stereocenters. The van der Waals surface area contributed by atoms with Gasteiger partial charge < -0.3 is 15.2 Å². The number of sulfonamides is 1. The molecule has 0 unspecified atom stereocenters. The Balaban J connectivity index is 1.51. The number of carboxylic acids is 1. The van der Waals surface area contributed by atoms with Crippen LogP contribution in [0.2, 0.25) is 0 Å². The zero-order chi connectivity index (χ0) is 25.2. The molecule has 3 aromatic carbocycles. The van der Waals surface area contributed by atoms with Crippen molar-refractivity contribution in [3.8, 4) is 5.75 Å². The second-order valence-corrected chi connectivity index (χ2v) is 10.3. The average Bonchev–Trinajstić information content (AvgIpc) is 2.83. The fraction of sp³-hybridized carbons (Fsp3) is 0.231. The van der Waals surface area contributed by atoms with Gasteiger partial charge in [-0.05, 0) is 79.4 Å². The van der Waals surface area contributed by atoms with Crippen molar-refractivity contribution in [3.63, 3.8) is 0 Å². The highest BCUT2D eigenvalue weighted by atomic mass is 32.2. The predicted molar refractivity (Wildman–Crippen MR) is 132 cm³/mol. The molecule has 2 N–H and O–H groups in total. The predicted octanol–water partition coefficient (Wildman–Crippen LogP) is 3.56. The quantitative estimate of drug-likeness (QED) is 0.519. The summed E-state index contributed by atoms with van der Waals surface area (Å²) in [5, 5.41) is 11.8. The topological polar surface area (TPSA) is 113 Å². The lowest BCUT2D eigenvalue weighted by atomic mass is 10.1. The minimum absolute atomic E-state index is 0.139. The number of aryl methyl sites for hydroxylation is 2. The maximum atomic E-state index is 13.5. The van der Waals surface area contributed by atoms with Crippen LogP contribution in [0.15, 0.2) is 65.6 Å². The number of fused-ring (bicyclic) bond motifs is 1. The number of benzene rings is 3. The van der Waals surface area contributed by atoms with Crippen molar-refractivity contribution in [1.29, 1.82) is 0 Å². The number of nitrogens with one attached hydrogen (secondary N) is 1. The number of carbonyl (C=O) groups is 2. The van der Waals surface area contributed by atoms with Gasteiger partial charge in [-0.2, -0.15) is 0 Å². The summed E-state index contributed by atoms with van der Waals surface area (Å²) in [6.07, 6.45) is 0.521. The van der Waals surface area contributed by atoms with Crippen molar-refractivity contribution >= 4 is 27.6 Å². The van der Waals surface area contributed by atoms with Crippen LogP contribution in [0.5, 0.6) is 5.75 Å². The molecule has 4 rings (SSSR count). The number of aromatic carboxylic acids is 1. The van der Waals surface area contributed by atoms with E-state index in [-0.39, 0.29) is 29.5 Å². The molecule has 1 heterocycles. The number of amides is 1. The van der Waals surface area contributed by atoms with Gasteiger partial charge in [0.05, 0.1) is 22.7 Å². The first-order valence-corrected chi connectivity index (χ1v) is 12.6. The van der Waals surface area contributed by atoms with Crippen molar-refractivity contribution < 1.29 is 27.9 Å². The van der Waals surface area contributed by atoms with Crippen molar-refractivity contribution in [2.75, 3.05) is 24.0 Å². The molecule has 1 aliphatic rings. The lowest BCUT2D eigenvalue weighted by Crippen LogP contribution is -2.38. The van der Waals surface area contributed by atoms with E-state index >= 15 is 0 Å². The molecule has 8 nitrogen and oxygen atoms in total. The maximum absolute atomic E-state index is 13.5. The van der Waals surface area contributed by atoms with Crippen LogP contribution < -0.4 is 14.4 Å². The first kappa shape index (κ1) is 24.3. The van der Waals surface area contributed by atoms with E-state index in [0.717, 1.165) is 16.7 Å². The van der Waals surface area contributed by atoms with Crippen LogP contribution in [0.3, 0.4) is 0 Å². The number of hydrogen-bond donors (Lipinski definition) is 2. The summed E-state index contributed by atoms with van der Waals surface area (Å²) in [6.45, 7) is 4.39. The highest BCUT2D eigenvalue weighted by Gasteiger charge is 2.31. The molecule has 1 aliphatic heterocycles. The summed E-state index contributed by atoms with van der Waals surface area (Å²) in [5.74, 6) is -0.932. The lowest BCUT2D eigenvalue weighted by molar-refractivity contribution is 0.0696. The Morgan fingerprint density at radius 1 is 0.971 bits per heavy atom. The van der Waals surface area contributed by atoms with Crippen molar-refractivity contribution in [3.05, 3.63) is 88.5 Å². The minimum atomic E-state index is -3.85. The Labute approximate surface area is 204 Å². The minimum Gasteiger partial charge on any atom is -0.489 e. The number of hydrogen-bond acceptors (Lipinski definition) is 5. The van der Waals surface area contributed by atoms with Gasteiger partial charge in [0.25, 0.3) is 15.9 Å². The summed E-state index contributed by atoms with van der Waals surface area (Å²) in [4.78, 5) is 23.9. The monoisotopic (exact) mass is 494 g/mol. The van der Waals surface area contributed by atoms with Gasteiger partial charge in [-0.15, -0.1) is 0 Å². The van der Waals surface area contributed by atoms with Crippen molar-refractivity contribution in [1.82, 2.24) is 5.32 Å². The third kappa shape index (κ3) is 5.30. The third-order valence-electron chi connectivity index (χ3n) is 5.73. The third-order valence-corrected chi connectivity index (χ3v) is 7.52. The molecule has 0 radical (unpaired) electrons. The SMILES string of the molecule is Cc1cc(C)cc(S(=O)(=O)N2CCOc3ccc(C(=O)NCCc4ccc(C(=O)O)cc4)cc32)c1. The summed E-state index contributed by atoms with van der Waals surface area (Å²) in [6, 6.07) is 16.4. The lowest BCUT2D eigenvalue weighted by Gasteiger charge is -2.31. The average molecular weight is 495 g/mol. The molecule has 182 valence electrons. The first-order chi connectivity index (χ1) is 16.6. The zero-order valence-corrected chi connectivity index (χ0v) is 20.3. The number of nitrogens with zero attached hydrogens (tertiary/aromatic N) is 1. The van der Waals surface area contributed by atoms with Crippen LogP contribution in [0.1, 0.15) is 37.4 Å². The second-order valence-electron chi connectivity index (χ2n) is 8.44. The molecule has 0 fully saturated rings. The van der Waals surface area contributed by atoms with E-state index in [1.807, 2.05) is 19.9 Å². The molecule has 3 aromatic rings. The smallest absolute Gasteiger partial charge is 0.335 e. The van der Waals surface area contributed by atoms with Gasteiger partial charge in [-0.1, -0.05) is 18.2 Å². The molecule has 0 saturated carbocycles. The summed E-state index contributed by atoms with van der Waals surface area (Å²) in [5.41, 5.74) is 3.43. The molecular weight excluding hydrogens is 468 g/mol. The summed E-state index contributed by atoms with van der Waals surface area (Å²) >= 11 is 0. The van der Waals surface area contributed by atoms with Gasteiger partial charge in [0, 0.05) is 12.1 Å². The Kier molecular flexibility index (Phi) is 6.79. The molecule has 0 bridgehead atoms. The van der Waals surface area contributed by atoms with E-state index in [1.54, 1.807) is 36.4 Å². The first-order valence-electron chi connectivity index (χ1n) is 11.1. The van der Waals surface area contributed by atoms with Crippen LogP contribution in [-0.4, -0.2) is 45.1 Å². The van der Waals surface area contributed by atoms with Crippen LogP contribution in [0.25, 0.3) is 0 Å². The molecular formula is C26H26N2O6S. The summed E-state index contributed by atoms with van der Waals surface area (Å²) < 4.78 is 33.9. The molecule has 0 aliphatic carbocycles. The number of carboxylic acid groups (broad SMARTS) is 1. The molecule has 0 saturated heterocycles. The molecule has 0 aromatic heterocycles. The normalized spacial score (nSPS) is 13.0. The van der Waals surface area contributed by atoms with E-state index in [2.05, 4.69) is 5.32 Å². The van der Waals surface area contributed by atoms with E-state index in [1.165, 1.54) is 22.5 Å². The Morgan fingerprint density at radius 3 is 2.29 bits per heavy atom. The number of anilines is 1. The largest absolute Gasteiger partial charge is 0.489 e. The molecule has 1 amide bonds. The Bertz CT molecular complexity index is 1360. The van der Waals surface area contributed by atoms with Gasteiger partial charge >= 0.3 is 5.97 Å². The van der Waals surface area contributed by atoms with Gasteiger partial charge in [0.15, 0.2) is 0 Å². The fourth-order valence-electron chi connectivity index (χ4n) is 4.03. The van der Waals surface area contributed by atoms with Crippen LogP contribution in [-0.2, 0) is 16.4 Å². The van der Waals surface area contributed by atoms with E-state index in [4.69, 9.17) is 9.84 Å². The molecule has 0 spiro atoms. The Morgan fingerprint density at radius 2 is 1.63 bits per heavy atom. The summed E-state index contributed by atoms with van der Waals surface area (Å²) in [7, 11) is -3.85. The van der Waals surface area contributed by atoms with Crippen molar-refractivity contribution in [2.24, 2.45) is 0 Å².